The molecule has 0 fully saturated rings. The molecule has 9 nitrogen and oxygen atoms in total. The van der Waals surface area contributed by atoms with E-state index in [1.54, 1.807) is 20.0 Å². The van der Waals surface area contributed by atoms with Gasteiger partial charge in [-0.3, -0.25) is 4.79 Å². The van der Waals surface area contributed by atoms with Crippen molar-refractivity contribution in [2.45, 2.75) is 30.8 Å². The van der Waals surface area contributed by atoms with Gasteiger partial charge in [-0.15, -0.1) is 21.5 Å². The maximum Gasteiger partial charge on any atom is 0.322 e. The highest BCUT2D eigenvalue weighted by molar-refractivity contribution is 7.89. The number of thiophene rings is 1. The van der Waals surface area contributed by atoms with Crippen LogP contribution < -0.4 is 0 Å². The summed E-state index contributed by atoms with van der Waals surface area (Å²) in [5.41, 5.74) is 1.69. The van der Waals surface area contributed by atoms with Gasteiger partial charge in [-0.25, -0.2) is 8.42 Å². The molecule has 1 aromatic carbocycles. The fourth-order valence-electron chi connectivity index (χ4n) is 3.20. The highest BCUT2D eigenvalue weighted by Crippen LogP contribution is 2.42. The first kappa shape index (κ1) is 18.7. The molecule has 1 unspecified atom stereocenters. The van der Waals surface area contributed by atoms with E-state index in [2.05, 4.69) is 15.4 Å². The molecule has 2 aromatic heterocycles. The molecule has 1 aliphatic rings. The largest absolute Gasteiger partial charge is 0.480 e. The van der Waals surface area contributed by atoms with Crippen molar-refractivity contribution >= 4 is 27.3 Å². The van der Waals surface area contributed by atoms with Gasteiger partial charge in [-0.05, 0) is 23.3 Å². The maximum absolute atomic E-state index is 12.8. The lowest BCUT2D eigenvalue weighted by Gasteiger charge is -2.21. The molecule has 0 bridgehead atoms. The van der Waals surface area contributed by atoms with Gasteiger partial charge in [-0.1, -0.05) is 31.2 Å². The van der Waals surface area contributed by atoms with Crippen molar-refractivity contribution in [3.8, 4) is 21.8 Å². The third kappa shape index (κ3) is 3.01. The summed E-state index contributed by atoms with van der Waals surface area (Å²) in [4.78, 5) is 14.5. The molecule has 0 spiro atoms. The van der Waals surface area contributed by atoms with Gasteiger partial charge in [0.05, 0.1) is 18.5 Å². The molecule has 28 heavy (non-hydrogen) atoms. The number of carbonyl (C=O) groups is 1. The predicted molar refractivity (Wildman–Crippen MR) is 102 cm³/mol. The number of sulfonamides is 1. The zero-order valence-corrected chi connectivity index (χ0v) is 16.7. The number of nitrogens with zero attached hydrogens (tertiary/aromatic N) is 5. The van der Waals surface area contributed by atoms with Crippen LogP contribution in [0.4, 0.5) is 0 Å². The van der Waals surface area contributed by atoms with Gasteiger partial charge in [0.1, 0.15) is 6.04 Å². The van der Waals surface area contributed by atoms with Crippen molar-refractivity contribution in [2.24, 2.45) is 7.05 Å². The Labute approximate surface area is 165 Å². The second-order valence-corrected chi connectivity index (χ2v) is 9.39. The molecule has 0 aliphatic carbocycles. The second kappa shape index (κ2) is 6.76. The monoisotopic (exact) mass is 419 g/mol. The minimum atomic E-state index is -3.81. The molecule has 1 atom stereocenters. The number of aryl methyl sites for hydroxylation is 1. The molecule has 3 heterocycles. The zero-order chi connectivity index (χ0) is 20.1. The Hall–Kier alpha value is -2.63. The first-order valence-electron chi connectivity index (χ1n) is 8.53. The van der Waals surface area contributed by atoms with Crippen molar-refractivity contribution < 1.29 is 18.3 Å². The van der Waals surface area contributed by atoms with Crippen LogP contribution in [0.25, 0.3) is 21.8 Å². The number of rotatable bonds is 5. The minimum absolute atomic E-state index is 0.0920. The summed E-state index contributed by atoms with van der Waals surface area (Å²) in [6, 6.07) is 8.04. The van der Waals surface area contributed by atoms with Crippen LogP contribution >= 0.6 is 11.3 Å². The van der Waals surface area contributed by atoms with Crippen molar-refractivity contribution in [2.75, 3.05) is 0 Å². The van der Waals surface area contributed by atoms with E-state index < -0.39 is 22.0 Å². The summed E-state index contributed by atoms with van der Waals surface area (Å²) in [5.74, 6) is -0.616. The van der Waals surface area contributed by atoms with E-state index in [0.29, 0.717) is 10.7 Å². The van der Waals surface area contributed by atoms with Crippen LogP contribution in [0.15, 0.2) is 35.2 Å². The van der Waals surface area contributed by atoms with Crippen molar-refractivity contribution in [1.82, 2.24) is 24.5 Å². The van der Waals surface area contributed by atoms with Gasteiger partial charge >= 0.3 is 5.97 Å². The summed E-state index contributed by atoms with van der Waals surface area (Å²) >= 11 is 1.37. The number of carboxylic acids is 1. The SMILES string of the molecule is CCC(C(=O)O)N1Cc2sc(-c3ccc(-c4nnn(C)n4)cc3)cc2S1(=O)=O. The van der Waals surface area contributed by atoms with Gasteiger partial charge < -0.3 is 5.11 Å². The molecule has 4 rings (SSSR count). The van der Waals surface area contributed by atoms with E-state index in [9.17, 15) is 18.3 Å². The van der Waals surface area contributed by atoms with E-state index in [4.69, 9.17) is 0 Å². The Balaban J connectivity index is 1.63. The molecule has 1 N–H and O–H groups in total. The standard InChI is InChI=1S/C17H17N5O4S2/c1-3-12(17(23)24)22-9-14-15(28(22,25)26)8-13(27-14)10-4-6-11(7-5-10)16-18-20-21(2)19-16/h4-8,12H,3,9H2,1-2H3,(H,23,24). The van der Waals surface area contributed by atoms with Crippen LogP contribution in [0.2, 0.25) is 0 Å². The Morgan fingerprint density at radius 3 is 2.50 bits per heavy atom. The molecule has 0 saturated carbocycles. The summed E-state index contributed by atoms with van der Waals surface area (Å²) in [6.45, 7) is 1.76. The third-order valence-corrected chi connectivity index (χ3v) is 7.83. The smallest absolute Gasteiger partial charge is 0.322 e. The maximum atomic E-state index is 12.8. The van der Waals surface area contributed by atoms with Gasteiger partial charge in [0.15, 0.2) is 0 Å². The van der Waals surface area contributed by atoms with E-state index >= 15 is 0 Å². The fraction of sp³-hybridized carbons (Fsp3) is 0.294. The quantitative estimate of drug-likeness (QED) is 0.672. The number of hydrogen-bond acceptors (Lipinski definition) is 7. The molecule has 1 aliphatic heterocycles. The number of benzene rings is 1. The minimum Gasteiger partial charge on any atom is -0.480 e. The number of fused-ring (bicyclic) bond motifs is 1. The molecule has 0 saturated heterocycles. The predicted octanol–water partition coefficient (Wildman–Crippen LogP) is 1.97. The van der Waals surface area contributed by atoms with Crippen LogP contribution in [0.1, 0.15) is 18.2 Å². The lowest BCUT2D eigenvalue weighted by atomic mass is 10.1. The van der Waals surface area contributed by atoms with Crippen LogP contribution in [0.5, 0.6) is 0 Å². The second-order valence-electron chi connectivity index (χ2n) is 6.39. The first-order valence-corrected chi connectivity index (χ1v) is 10.8. The van der Waals surface area contributed by atoms with Crippen LogP contribution in [0.3, 0.4) is 0 Å². The fourth-order valence-corrected chi connectivity index (χ4v) is 6.60. The average Bonchev–Trinajstić information content (AvgIpc) is 3.33. The summed E-state index contributed by atoms with van der Waals surface area (Å²) in [7, 11) is -2.12. The highest BCUT2D eigenvalue weighted by Gasteiger charge is 2.43. The van der Waals surface area contributed by atoms with Gasteiger partial charge in [0.2, 0.25) is 15.8 Å². The molecular weight excluding hydrogens is 402 g/mol. The topological polar surface area (TPSA) is 118 Å². The van der Waals surface area contributed by atoms with E-state index in [1.807, 2.05) is 24.3 Å². The molecular formula is C17H17N5O4S2. The Morgan fingerprint density at radius 1 is 1.29 bits per heavy atom. The van der Waals surface area contributed by atoms with E-state index in [1.165, 1.54) is 16.1 Å². The first-order chi connectivity index (χ1) is 13.3. The molecule has 11 heteroatoms. The summed E-state index contributed by atoms with van der Waals surface area (Å²) in [6.07, 6.45) is 0.217. The zero-order valence-electron chi connectivity index (χ0n) is 15.1. The lowest BCUT2D eigenvalue weighted by Crippen LogP contribution is -2.40. The van der Waals surface area contributed by atoms with Crippen molar-refractivity contribution in [3.05, 3.63) is 35.2 Å². The Bertz CT molecular complexity index is 1150. The average molecular weight is 419 g/mol. The normalized spacial score (nSPS) is 16.8. The third-order valence-electron chi connectivity index (χ3n) is 4.61. The van der Waals surface area contributed by atoms with Gasteiger partial charge in [0.25, 0.3) is 0 Å². The number of aromatic nitrogens is 4. The Kier molecular flexibility index (Phi) is 4.52. The summed E-state index contributed by atoms with van der Waals surface area (Å²) in [5, 5.41) is 21.2. The van der Waals surface area contributed by atoms with Crippen molar-refractivity contribution in [1.29, 1.82) is 0 Å². The van der Waals surface area contributed by atoms with E-state index in [-0.39, 0.29) is 17.9 Å². The van der Waals surface area contributed by atoms with Gasteiger partial charge in [0, 0.05) is 15.3 Å². The molecule has 0 amide bonds. The molecule has 3 aromatic rings. The van der Waals surface area contributed by atoms with Gasteiger partial charge in [-0.2, -0.15) is 9.10 Å². The number of hydrogen-bond donors (Lipinski definition) is 1. The summed E-state index contributed by atoms with van der Waals surface area (Å²) < 4.78 is 26.7. The van der Waals surface area contributed by atoms with E-state index in [0.717, 1.165) is 20.3 Å². The lowest BCUT2D eigenvalue weighted by molar-refractivity contribution is -0.141. The van der Waals surface area contributed by atoms with Crippen LogP contribution in [-0.4, -0.2) is 50.0 Å². The van der Waals surface area contributed by atoms with Crippen molar-refractivity contribution in [3.63, 3.8) is 0 Å². The van der Waals surface area contributed by atoms with Crippen LogP contribution in [-0.2, 0) is 28.4 Å². The number of aliphatic carboxylic acids is 1. The number of tetrazole rings is 1. The molecule has 0 radical (unpaired) electrons. The number of carboxylic acid groups (broad SMARTS) is 1. The van der Waals surface area contributed by atoms with Crippen LogP contribution in [0, 0.1) is 0 Å². The molecule has 146 valence electrons. The highest BCUT2D eigenvalue weighted by atomic mass is 32.2. The Morgan fingerprint density at radius 2 is 1.96 bits per heavy atom.